The maximum atomic E-state index is 13.4. The molecule has 2 amide bonds. The molecule has 1 saturated heterocycles. The van der Waals surface area contributed by atoms with Gasteiger partial charge in [-0.1, -0.05) is 0 Å². The average Bonchev–Trinajstić information content (AvgIpc) is 2.90. The molecule has 2 rings (SSSR count). The normalized spacial score (nSPS) is 22.2. The third-order valence-electron chi connectivity index (χ3n) is 5.95. The summed E-state index contributed by atoms with van der Waals surface area (Å²) < 4.78 is 38.5. The van der Waals surface area contributed by atoms with Crippen LogP contribution in [-0.4, -0.2) is 91.6 Å². The van der Waals surface area contributed by atoms with E-state index in [1.807, 2.05) is 0 Å². The first kappa shape index (κ1) is 35.5. The number of methoxy groups -OCH3 is 1. The molecule has 16 nitrogen and oxygen atoms in total. The molecule has 0 bridgehead atoms. The quantitative estimate of drug-likeness (QED) is 0.240. The largest absolute Gasteiger partial charge is 0.464 e. The number of carbonyl (C=O) groups is 7. The fourth-order valence-corrected chi connectivity index (χ4v) is 4.50. The van der Waals surface area contributed by atoms with E-state index in [9.17, 15) is 33.6 Å². The van der Waals surface area contributed by atoms with Crippen LogP contribution >= 0.6 is 0 Å². The lowest BCUT2D eigenvalue weighted by atomic mass is 9.88. The number of amides is 2. The summed E-state index contributed by atoms with van der Waals surface area (Å²) in [6.45, 7) is 6.10. The molecule has 1 fully saturated rings. The predicted molar refractivity (Wildman–Crippen MR) is 147 cm³/mol. The van der Waals surface area contributed by atoms with Gasteiger partial charge in [0.15, 0.2) is 12.2 Å². The topological polar surface area (TPSA) is 208 Å². The summed E-state index contributed by atoms with van der Waals surface area (Å²) in [5, 5.41) is 5.15. The molecular formula is C28H36N2O14. The summed E-state index contributed by atoms with van der Waals surface area (Å²) in [7, 11) is 1.04. The molecule has 1 aliphatic heterocycles. The number of ether oxygens (including phenoxy) is 7. The lowest BCUT2D eigenvalue weighted by molar-refractivity contribution is -0.289. The van der Waals surface area contributed by atoms with Gasteiger partial charge in [0.2, 0.25) is 11.8 Å². The van der Waals surface area contributed by atoms with Crippen LogP contribution in [-0.2, 0) is 62.0 Å². The molecule has 1 aromatic carbocycles. The Labute approximate surface area is 252 Å². The highest BCUT2D eigenvalue weighted by molar-refractivity contribution is 5.88. The Bertz CT molecular complexity index is 1250. The second-order valence-corrected chi connectivity index (χ2v) is 9.74. The number of benzene rings is 1. The van der Waals surface area contributed by atoms with E-state index < -0.39 is 85.0 Å². The van der Waals surface area contributed by atoms with Crippen molar-refractivity contribution >= 4 is 47.3 Å². The molecule has 6 atom stereocenters. The number of nitrogens with one attached hydrogen (secondary N) is 2. The molecule has 1 unspecified atom stereocenters. The second kappa shape index (κ2) is 15.7. The maximum absolute atomic E-state index is 13.4. The smallest absolute Gasteiger partial charge is 0.379 e. The van der Waals surface area contributed by atoms with Gasteiger partial charge in [-0.25, -0.2) is 4.79 Å². The number of anilines is 1. The minimum absolute atomic E-state index is 0.0308. The van der Waals surface area contributed by atoms with Crippen molar-refractivity contribution in [1.82, 2.24) is 5.32 Å². The van der Waals surface area contributed by atoms with Crippen molar-refractivity contribution in [2.24, 2.45) is 0 Å². The number of hydrogen-bond donors (Lipinski definition) is 2. The van der Waals surface area contributed by atoms with Gasteiger partial charge >= 0.3 is 35.6 Å². The van der Waals surface area contributed by atoms with Crippen LogP contribution in [0.15, 0.2) is 24.3 Å². The van der Waals surface area contributed by atoms with Crippen molar-refractivity contribution in [2.75, 3.05) is 19.0 Å². The molecule has 16 heteroatoms. The van der Waals surface area contributed by atoms with Crippen molar-refractivity contribution in [1.29, 1.82) is 0 Å². The van der Waals surface area contributed by atoms with E-state index in [1.54, 1.807) is 0 Å². The highest BCUT2D eigenvalue weighted by atomic mass is 16.7. The Morgan fingerprint density at radius 2 is 1.48 bits per heavy atom. The van der Waals surface area contributed by atoms with Crippen molar-refractivity contribution in [2.45, 2.75) is 84.2 Å². The van der Waals surface area contributed by atoms with E-state index in [0.29, 0.717) is 5.69 Å². The molecule has 2 N–H and O–H groups in total. The molecule has 1 aromatic rings. The Balaban J connectivity index is 2.76. The van der Waals surface area contributed by atoms with E-state index in [-0.39, 0.29) is 11.7 Å². The van der Waals surface area contributed by atoms with Crippen LogP contribution in [0.4, 0.5) is 5.69 Å². The predicted octanol–water partition coefficient (Wildman–Crippen LogP) is 0.545. The van der Waals surface area contributed by atoms with Gasteiger partial charge in [0.05, 0.1) is 19.6 Å². The zero-order valence-electron chi connectivity index (χ0n) is 25.3. The van der Waals surface area contributed by atoms with Crippen molar-refractivity contribution in [3.8, 4) is 5.75 Å². The Hall–Kier alpha value is -4.73. The molecular weight excluding hydrogens is 588 g/mol. The molecule has 0 radical (unpaired) electrons. The van der Waals surface area contributed by atoms with Crippen LogP contribution in [0.25, 0.3) is 0 Å². The summed E-state index contributed by atoms with van der Waals surface area (Å²) in [6.07, 6.45) is -6.79. The van der Waals surface area contributed by atoms with Gasteiger partial charge in [0.25, 0.3) is 0 Å². The first-order chi connectivity index (χ1) is 20.6. The summed E-state index contributed by atoms with van der Waals surface area (Å²) in [6, 6.07) is 4.42. The fourth-order valence-electron chi connectivity index (χ4n) is 4.50. The standard InChI is InChI=1S/C28H36N2O14/c1-14(31)29-20-8-10-21(11-9-20)43-28(27(37)38-7)12-22(40-17(4)34)24(30-15(2)32)26(44-28)25(42-19(6)36)23(41-18(5)35)13-39-16(3)33/h8-11,22-26H,12-13H2,1-7H3,(H,29,31)(H,30,32)/t22-,23+,24+,25+,26+,28?/m0/s1. The number of hydrogen-bond acceptors (Lipinski definition) is 14. The van der Waals surface area contributed by atoms with Gasteiger partial charge in [-0.3, -0.25) is 28.8 Å². The monoisotopic (exact) mass is 624 g/mol. The molecule has 1 heterocycles. The zero-order valence-corrected chi connectivity index (χ0v) is 25.3. The second-order valence-electron chi connectivity index (χ2n) is 9.74. The van der Waals surface area contributed by atoms with E-state index in [1.165, 1.54) is 31.2 Å². The van der Waals surface area contributed by atoms with Gasteiger partial charge in [-0.2, -0.15) is 0 Å². The highest BCUT2D eigenvalue weighted by Gasteiger charge is 2.60. The first-order valence-electron chi connectivity index (χ1n) is 13.3. The number of rotatable bonds is 12. The van der Waals surface area contributed by atoms with Crippen LogP contribution in [0.3, 0.4) is 0 Å². The van der Waals surface area contributed by atoms with Gasteiger partial charge in [0.1, 0.15) is 24.6 Å². The van der Waals surface area contributed by atoms with Crippen molar-refractivity contribution < 1.29 is 66.7 Å². The molecule has 1 aliphatic rings. The van der Waals surface area contributed by atoms with E-state index >= 15 is 0 Å². The van der Waals surface area contributed by atoms with Gasteiger partial charge in [-0.15, -0.1) is 0 Å². The van der Waals surface area contributed by atoms with Crippen LogP contribution in [0.2, 0.25) is 0 Å². The third-order valence-corrected chi connectivity index (χ3v) is 5.95. The van der Waals surface area contributed by atoms with Crippen molar-refractivity contribution in [3.63, 3.8) is 0 Å². The van der Waals surface area contributed by atoms with Gasteiger partial charge in [0, 0.05) is 47.2 Å². The molecule has 0 aromatic heterocycles. The zero-order chi connectivity index (χ0) is 33.2. The lowest BCUT2D eigenvalue weighted by Gasteiger charge is -2.48. The molecule has 0 saturated carbocycles. The summed E-state index contributed by atoms with van der Waals surface area (Å²) in [4.78, 5) is 85.3. The fraction of sp³-hybridized carbons (Fsp3) is 0.536. The first-order valence-corrected chi connectivity index (χ1v) is 13.3. The van der Waals surface area contributed by atoms with Crippen LogP contribution in [0.5, 0.6) is 5.75 Å². The van der Waals surface area contributed by atoms with Gasteiger partial charge in [-0.05, 0) is 24.3 Å². The Kier molecular flexibility index (Phi) is 12.6. The summed E-state index contributed by atoms with van der Waals surface area (Å²) >= 11 is 0. The molecule has 0 spiro atoms. The maximum Gasteiger partial charge on any atom is 0.379 e. The minimum Gasteiger partial charge on any atom is -0.464 e. The van der Waals surface area contributed by atoms with Gasteiger partial charge < -0.3 is 43.8 Å². The van der Waals surface area contributed by atoms with E-state index in [2.05, 4.69) is 10.6 Å². The third kappa shape index (κ3) is 10.2. The number of carbonyl (C=O) groups excluding carboxylic acids is 7. The molecule has 242 valence electrons. The highest BCUT2D eigenvalue weighted by Crippen LogP contribution is 2.38. The Morgan fingerprint density at radius 1 is 0.864 bits per heavy atom. The minimum atomic E-state index is -2.41. The van der Waals surface area contributed by atoms with Crippen LogP contribution in [0.1, 0.15) is 48.0 Å². The van der Waals surface area contributed by atoms with Crippen LogP contribution < -0.4 is 15.4 Å². The summed E-state index contributed by atoms with van der Waals surface area (Å²) in [5.74, 6) is -7.81. The van der Waals surface area contributed by atoms with Crippen molar-refractivity contribution in [3.05, 3.63) is 24.3 Å². The van der Waals surface area contributed by atoms with E-state index in [0.717, 1.165) is 41.7 Å². The van der Waals surface area contributed by atoms with E-state index in [4.69, 9.17) is 33.2 Å². The number of esters is 5. The average molecular weight is 625 g/mol. The SMILES string of the molecule is COC(=O)C1(Oc2ccc(NC(C)=O)cc2)C[C@H](OC(C)=O)[C@@H](NC(C)=O)[C@H]([C@H](OC(C)=O)[C@@H](COC(C)=O)OC(C)=O)O1. The molecule has 44 heavy (non-hydrogen) atoms. The molecule has 0 aliphatic carbocycles. The Morgan fingerprint density at radius 3 is 1.95 bits per heavy atom. The lowest BCUT2D eigenvalue weighted by Crippen LogP contribution is -2.70. The summed E-state index contributed by atoms with van der Waals surface area (Å²) in [5.41, 5.74) is 0.410. The van der Waals surface area contributed by atoms with Crippen LogP contribution in [0, 0.1) is 0 Å².